The van der Waals surface area contributed by atoms with Crippen molar-refractivity contribution in [3.63, 3.8) is 0 Å². The Morgan fingerprint density at radius 1 is 1.43 bits per heavy atom. The fourth-order valence-electron chi connectivity index (χ4n) is 2.70. The Bertz CT molecular complexity index is 485. The molecule has 0 saturated carbocycles. The van der Waals surface area contributed by atoms with Gasteiger partial charge in [-0.2, -0.15) is 0 Å². The zero-order chi connectivity index (χ0) is 15.2. The van der Waals surface area contributed by atoms with E-state index in [9.17, 15) is 10.1 Å². The third kappa shape index (κ3) is 4.07. The molecule has 0 aromatic heterocycles. The van der Waals surface area contributed by atoms with E-state index >= 15 is 0 Å². The van der Waals surface area contributed by atoms with Crippen LogP contribution in [0.4, 0.5) is 11.4 Å². The van der Waals surface area contributed by atoms with E-state index in [1.54, 1.807) is 12.1 Å². The molecule has 0 radical (unpaired) electrons. The van der Waals surface area contributed by atoms with Gasteiger partial charge in [-0.15, -0.1) is 0 Å². The number of rotatable bonds is 6. The number of piperidine rings is 1. The maximum absolute atomic E-state index is 11.1. The SMILES string of the molecule is CCN1CCC(CNc2ccc(OC)cc2[N+](=O)[O-])CC1. The third-order valence-electron chi connectivity index (χ3n) is 4.14. The minimum atomic E-state index is -0.370. The molecule has 2 rings (SSSR count). The van der Waals surface area contributed by atoms with E-state index < -0.39 is 0 Å². The molecule has 1 fully saturated rings. The highest BCUT2D eigenvalue weighted by Crippen LogP contribution is 2.29. The first-order chi connectivity index (χ1) is 10.1. The summed E-state index contributed by atoms with van der Waals surface area (Å²) in [6.07, 6.45) is 2.29. The van der Waals surface area contributed by atoms with E-state index in [0.717, 1.165) is 39.0 Å². The average molecular weight is 293 g/mol. The van der Waals surface area contributed by atoms with Crippen molar-refractivity contribution < 1.29 is 9.66 Å². The monoisotopic (exact) mass is 293 g/mol. The summed E-state index contributed by atoms with van der Waals surface area (Å²) >= 11 is 0. The van der Waals surface area contributed by atoms with Crippen LogP contribution < -0.4 is 10.1 Å². The number of anilines is 1. The van der Waals surface area contributed by atoms with Gasteiger partial charge in [0.15, 0.2) is 0 Å². The van der Waals surface area contributed by atoms with Crippen LogP contribution in [0.15, 0.2) is 18.2 Å². The number of nitro groups is 1. The highest BCUT2D eigenvalue weighted by Gasteiger charge is 2.20. The average Bonchev–Trinajstić information content (AvgIpc) is 2.53. The number of nitro benzene ring substituents is 1. The quantitative estimate of drug-likeness (QED) is 0.645. The van der Waals surface area contributed by atoms with Crippen molar-refractivity contribution in [2.45, 2.75) is 19.8 Å². The van der Waals surface area contributed by atoms with E-state index in [4.69, 9.17) is 4.74 Å². The van der Waals surface area contributed by atoms with Crippen LogP contribution in [-0.4, -0.2) is 43.1 Å². The summed E-state index contributed by atoms with van der Waals surface area (Å²) in [6, 6.07) is 4.93. The molecule has 0 aliphatic carbocycles. The van der Waals surface area contributed by atoms with Crippen LogP contribution in [0.25, 0.3) is 0 Å². The minimum Gasteiger partial charge on any atom is -0.496 e. The normalized spacial score (nSPS) is 16.7. The van der Waals surface area contributed by atoms with Crippen LogP contribution in [-0.2, 0) is 0 Å². The lowest BCUT2D eigenvalue weighted by atomic mass is 9.96. The van der Waals surface area contributed by atoms with Gasteiger partial charge < -0.3 is 15.0 Å². The zero-order valence-electron chi connectivity index (χ0n) is 12.7. The van der Waals surface area contributed by atoms with Gasteiger partial charge in [0, 0.05) is 6.54 Å². The van der Waals surface area contributed by atoms with Gasteiger partial charge in [-0.1, -0.05) is 6.92 Å². The fraction of sp³-hybridized carbons (Fsp3) is 0.600. The second-order valence-electron chi connectivity index (χ2n) is 5.40. The molecule has 1 aliphatic heterocycles. The first-order valence-electron chi connectivity index (χ1n) is 7.42. The van der Waals surface area contributed by atoms with Crippen molar-refractivity contribution in [3.8, 4) is 5.75 Å². The van der Waals surface area contributed by atoms with Gasteiger partial charge in [0.25, 0.3) is 5.69 Å². The molecule has 116 valence electrons. The number of likely N-dealkylation sites (tertiary alicyclic amines) is 1. The molecule has 0 bridgehead atoms. The van der Waals surface area contributed by atoms with Gasteiger partial charge >= 0.3 is 0 Å². The minimum absolute atomic E-state index is 0.0698. The largest absolute Gasteiger partial charge is 0.496 e. The van der Waals surface area contributed by atoms with Crippen molar-refractivity contribution in [2.24, 2.45) is 5.92 Å². The maximum Gasteiger partial charge on any atom is 0.296 e. The molecular weight excluding hydrogens is 270 g/mol. The lowest BCUT2D eigenvalue weighted by Gasteiger charge is -2.31. The zero-order valence-corrected chi connectivity index (χ0v) is 12.7. The Morgan fingerprint density at radius 3 is 2.71 bits per heavy atom. The standard InChI is InChI=1S/C15H23N3O3/c1-3-17-8-6-12(7-9-17)11-16-14-5-4-13(21-2)10-15(14)18(19)20/h4-5,10,12,16H,3,6-9,11H2,1-2H3. The van der Waals surface area contributed by atoms with Crippen LogP contribution in [0.1, 0.15) is 19.8 Å². The summed E-state index contributed by atoms with van der Waals surface area (Å²) in [5.41, 5.74) is 0.638. The molecule has 0 unspecified atom stereocenters. The number of hydrogen-bond donors (Lipinski definition) is 1. The predicted octanol–water partition coefficient (Wildman–Crippen LogP) is 2.75. The number of nitrogens with zero attached hydrogens (tertiary/aromatic N) is 2. The summed E-state index contributed by atoms with van der Waals surface area (Å²) < 4.78 is 5.04. The van der Waals surface area contributed by atoms with Crippen molar-refractivity contribution in [3.05, 3.63) is 28.3 Å². The van der Waals surface area contributed by atoms with Crippen molar-refractivity contribution >= 4 is 11.4 Å². The lowest BCUT2D eigenvalue weighted by molar-refractivity contribution is -0.384. The Kier molecular flexibility index (Phi) is 5.38. The molecule has 1 aromatic carbocycles. The second-order valence-corrected chi connectivity index (χ2v) is 5.40. The molecule has 21 heavy (non-hydrogen) atoms. The lowest BCUT2D eigenvalue weighted by Crippen LogP contribution is -2.35. The molecule has 0 atom stereocenters. The molecule has 1 heterocycles. The van der Waals surface area contributed by atoms with Gasteiger partial charge in [-0.25, -0.2) is 0 Å². The van der Waals surface area contributed by atoms with Crippen molar-refractivity contribution in [2.75, 3.05) is 38.6 Å². The van der Waals surface area contributed by atoms with Gasteiger partial charge in [-0.3, -0.25) is 10.1 Å². The van der Waals surface area contributed by atoms with Gasteiger partial charge in [-0.05, 0) is 50.5 Å². The molecule has 0 spiro atoms. The molecule has 1 aromatic rings. The first-order valence-corrected chi connectivity index (χ1v) is 7.42. The van der Waals surface area contributed by atoms with E-state index in [1.807, 2.05) is 0 Å². The van der Waals surface area contributed by atoms with E-state index in [2.05, 4.69) is 17.1 Å². The van der Waals surface area contributed by atoms with Crippen LogP contribution in [0.2, 0.25) is 0 Å². The Hall–Kier alpha value is -1.82. The van der Waals surface area contributed by atoms with Crippen LogP contribution in [0.5, 0.6) is 5.75 Å². The first kappa shape index (κ1) is 15.6. The van der Waals surface area contributed by atoms with Crippen LogP contribution in [0, 0.1) is 16.0 Å². The summed E-state index contributed by atoms with van der Waals surface area (Å²) in [4.78, 5) is 13.2. The van der Waals surface area contributed by atoms with Crippen LogP contribution >= 0.6 is 0 Å². The Labute approximate surface area is 125 Å². The fourth-order valence-corrected chi connectivity index (χ4v) is 2.70. The molecule has 0 amide bonds. The second kappa shape index (κ2) is 7.26. The topological polar surface area (TPSA) is 67.6 Å². The van der Waals surface area contributed by atoms with Crippen molar-refractivity contribution in [1.29, 1.82) is 0 Å². The predicted molar refractivity (Wildman–Crippen MR) is 83.0 cm³/mol. The maximum atomic E-state index is 11.1. The molecule has 6 nitrogen and oxygen atoms in total. The van der Waals surface area contributed by atoms with E-state index in [-0.39, 0.29) is 10.6 Å². The molecule has 1 saturated heterocycles. The summed E-state index contributed by atoms with van der Waals surface area (Å²) in [7, 11) is 1.51. The van der Waals surface area contributed by atoms with Gasteiger partial charge in [0.2, 0.25) is 0 Å². The van der Waals surface area contributed by atoms with Crippen molar-refractivity contribution in [1.82, 2.24) is 4.90 Å². The van der Waals surface area contributed by atoms with Gasteiger partial charge in [0.1, 0.15) is 11.4 Å². The summed E-state index contributed by atoms with van der Waals surface area (Å²) in [5.74, 6) is 1.08. The van der Waals surface area contributed by atoms with Gasteiger partial charge in [0.05, 0.1) is 18.1 Å². The number of benzene rings is 1. The number of hydrogen-bond acceptors (Lipinski definition) is 5. The Balaban J connectivity index is 1.95. The number of ether oxygens (including phenoxy) is 1. The highest BCUT2D eigenvalue weighted by molar-refractivity contribution is 5.63. The number of nitrogens with one attached hydrogen (secondary N) is 1. The summed E-state index contributed by atoms with van der Waals surface area (Å²) in [6.45, 7) is 6.30. The van der Waals surface area contributed by atoms with Crippen LogP contribution in [0.3, 0.4) is 0 Å². The molecule has 1 N–H and O–H groups in total. The van der Waals surface area contributed by atoms with E-state index in [1.165, 1.54) is 13.2 Å². The Morgan fingerprint density at radius 2 is 2.14 bits per heavy atom. The molecule has 6 heteroatoms. The van der Waals surface area contributed by atoms with E-state index in [0.29, 0.717) is 17.4 Å². The smallest absolute Gasteiger partial charge is 0.296 e. The molecular formula is C15H23N3O3. The third-order valence-corrected chi connectivity index (χ3v) is 4.14. The molecule has 1 aliphatic rings. The highest BCUT2D eigenvalue weighted by atomic mass is 16.6. The summed E-state index contributed by atoms with van der Waals surface area (Å²) in [5, 5.41) is 14.4. The number of methoxy groups -OCH3 is 1.